The van der Waals surface area contributed by atoms with Crippen LogP contribution in [-0.4, -0.2) is 32.9 Å². The summed E-state index contributed by atoms with van der Waals surface area (Å²) in [7, 11) is 1.53. The van der Waals surface area contributed by atoms with Crippen molar-refractivity contribution in [2.45, 2.75) is 51.6 Å². The van der Waals surface area contributed by atoms with Crippen LogP contribution in [0.1, 0.15) is 53.7 Å². The van der Waals surface area contributed by atoms with Crippen LogP contribution >= 0.6 is 0 Å². The van der Waals surface area contributed by atoms with E-state index in [1.54, 1.807) is 13.8 Å². The van der Waals surface area contributed by atoms with E-state index >= 15 is 0 Å². The molecule has 0 aliphatic heterocycles. The number of carbonyl (C=O) groups is 1. The standard InChI is InChI=1S/C15H23N3O3/c1-10-11(2)17-18(3)14(20)12(10)13(19)16-9-15(21)7-5-4-6-8-15/h21H,4-9H2,1-3H3,(H,16,19). The van der Waals surface area contributed by atoms with Gasteiger partial charge in [-0.25, -0.2) is 4.68 Å². The summed E-state index contributed by atoms with van der Waals surface area (Å²) in [5.74, 6) is -0.433. The maximum absolute atomic E-state index is 12.3. The highest BCUT2D eigenvalue weighted by Gasteiger charge is 2.30. The lowest BCUT2D eigenvalue weighted by atomic mass is 9.85. The molecule has 0 radical (unpaired) electrons. The monoisotopic (exact) mass is 293 g/mol. The van der Waals surface area contributed by atoms with Crippen molar-refractivity contribution in [2.75, 3.05) is 6.54 Å². The fourth-order valence-electron chi connectivity index (χ4n) is 2.84. The summed E-state index contributed by atoms with van der Waals surface area (Å²) in [5.41, 5.74) is 0.107. The molecule has 116 valence electrons. The first-order valence-electron chi connectivity index (χ1n) is 7.39. The number of hydrogen-bond acceptors (Lipinski definition) is 4. The molecule has 0 unspecified atom stereocenters. The number of nitrogens with zero attached hydrogens (tertiary/aromatic N) is 2. The van der Waals surface area contributed by atoms with Crippen molar-refractivity contribution in [3.05, 3.63) is 27.2 Å². The molecule has 1 amide bonds. The summed E-state index contributed by atoms with van der Waals surface area (Å²) in [6, 6.07) is 0. The molecule has 1 saturated carbocycles. The van der Waals surface area contributed by atoms with Crippen LogP contribution in [0.5, 0.6) is 0 Å². The lowest BCUT2D eigenvalue weighted by molar-refractivity contribution is 0.00522. The molecule has 1 fully saturated rings. The molecule has 0 spiro atoms. The average molecular weight is 293 g/mol. The van der Waals surface area contributed by atoms with E-state index in [0.717, 1.165) is 19.3 Å². The van der Waals surface area contributed by atoms with Crippen LogP contribution < -0.4 is 10.9 Å². The molecule has 1 aromatic rings. The summed E-state index contributed by atoms with van der Waals surface area (Å²) >= 11 is 0. The third-order valence-electron chi connectivity index (χ3n) is 4.31. The van der Waals surface area contributed by atoms with Gasteiger partial charge in [0.05, 0.1) is 11.3 Å². The van der Waals surface area contributed by atoms with Gasteiger partial charge in [0.1, 0.15) is 5.56 Å². The van der Waals surface area contributed by atoms with Crippen LogP contribution in [0.25, 0.3) is 0 Å². The normalized spacial score (nSPS) is 17.5. The minimum absolute atomic E-state index is 0.115. The Morgan fingerprint density at radius 3 is 2.57 bits per heavy atom. The van der Waals surface area contributed by atoms with E-state index in [1.807, 2.05) is 0 Å². The summed E-state index contributed by atoms with van der Waals surface area (Å²) in [6.07, 6.45) is 4.46. The second kappa shape index (κ2) is 5.97. The second-order valence-electron chi connectivity index (χ2n) is 5.98. The molecule has 0 aromatic carbocycles. The van der Waals surface area contributed by atoms with E-state index < -0.39 is 17.1 Å². The number of amides is 1. The van der Waals surface area contributed by atoms with Gasteiger partial charge in [0.25, 0.3) is 11.5 Å². The Morgan fingerprint density at radius 2 is 1.95 bits per heavy atom. The summed E-state index contributed by atoms with van der Waals surface area (Å²) in [4.78, 5) is 24.4. The van der Waals surface area contributed by atoms with E-state index in [1.165, 1.54) is 11.7 Å². The molecule has 2 rings (SSSR count). The van der Waals surface area contributed by atoms with Gasteiger partial charge in [-0.1, -0.05) is 19.3 Å². The number of nitrogens with one attached hydrogen (secondary N) is 1. The average Bonchev–Trinajstić information content (AvgIpc) is 2.44. The van der Waals surface area contributed by atoms with Crippen molar-refractivity contribution < 1.29 is 9.90 Å². The maximum Gasteiger partial charge on any atom is 0.279 e. The van der Waals surface area contributed by atoms with Gasteiger partial charge < -0.3 is 10.4 Å². The van der Waals surface area contributed by atoms with Crippen LogP contribution in [0.15, 0.2) is 4.79 Å². The predicted octanol–water partition coefficient (Wildman–Crippen LogP) is 0.822. The van der Waals surface area contributed by atoms with Crippen LogP contribution in [0, 0.1) is 13.8 Å². The van der Waals surface area contributed by atoms with Gasteiger partial charge in [-0.2, -0.15) is 5.10 Å². The van der Waals surface area contributed by atoms with Crippen LogP contribution in [0.4, 0.5) is 0 Å². The number of aromatic nitrogens is 2. The van der Waals surface area contributed by atoms with Crippen molar-refractivity contribution in [1.29, 1.82) is 0 Å². The highest BCUT2D eigenvalue weighted by molar-refractivity contribution is 5.95. The Kier molecular flexibility index (Phi) is 4.46. The molecule has 2 N–H and O–H groups in total. The Bertz CT molecular complexity index is 601. The van der Waals surface area contributed by atoms with Gasteiger partial charge in [-0.15, -0.1) is 0 Å². The Balaban J connectivity index is 2.16. The molecule has 0 saturated heterocycles. The van der Waals surface area contributed by atoms with Crippen LogP contribution in [0.3, 0.4) is 0 Å². The zero-order valence-corrected chi connectivity index (χ0v) is 12.9. The van der Waals surface area contributed by atoms with Crippen molar-refractivity contribution >= 4 is 5.91 Å². The Hall–Kier alpha value is -1.69. The SMILES string of the molecule is Cc1nn(C)c(=O)c(C(=O)NCC2(O)CCCCC2)c1C. The zero-order valence-electron chi connectivity index (χ0n) is 12.9. The van der Waals surface area contributed by atoms with E-state index in [4.69, 9.17) is 0 Å². The molecule has 0 bridgehead atoms. The molecule has 0 atom stereocenters. The van der Waals surface area contributed by atoms with Crippen molar-refractivity contribution in [2.24, 2.45) is 7.05 Å². The Labute approximate surface area is 124 Å². The Morgan fingerprint density at radius 1 is 1.33 bits per heavy atom. The molecule has 1 heterocycles. The summed E-state index contributed by atoms with van der Waals surface area (Å²) in [5, 5.41) is 17.2. The van der Waals surface area contributed by atoms with E-state index in [9.17, 15) is 14.7 Å². The second-order valence-corrected chi connectivity index (χ2v) is 5.98. The first-order valence-corrected chi connectivity index (χ1v) is 7.39. The molecular weight excluding hydrogens is 270 g/mol. The van der Waals surface area contributed by atoms with Crippen molar-refractivity contribution in [3.8, 4) is 0 Å². The highest BCUT2D eigenvalue weighted by Crippen LogP contribution is 2.27. The smallest absolute Gasteiger partial charge is 0.279 e. The first kappa shape index (κ1) is 15.7. The molecule has 6 heteroatoms. The van der Waals surface area contributed by atoms with Gasteiger partial charge in [0, 0.05) is 13.6 Å². The number of aliphatic hydroxyl groups is 1. The third-order valence-corrected chi connectivity index (χ3v) is 4.31. The van der Waals surface area contributed by atoms with Crippen LogP contribution in [0.2, 0.25) is 0 Å². The molecular formula is C15H23N3O3. The molecule has 21 heavy (non-hydrogen) atoms. The molecule has 1 aromatic heterocycles. The fourth-order valence-corrected chi connectivity index (χ4v) is 2.84. The number of hydrogen-bond donors (Lipinski definition) is 2. The topological polar surface area (TPSA) is 84.2 Å². The highest BCUT2D eigenvalue weighted by atomic mass is 16.3. The quantitative estimate of drug-likeness (QED) is 0.864. The van der Waals surface area contributed by atoms with Gasteiger partial charge in [-0.05, 0) is 32.3 Å². The van der Waals surface area contributed by atoms with Gasteiger partial charge in [-0.3, -0.25) is 9.59 Å². The minimum Gasteiger partial charge on any atom is -0.388 e. The minimum atomic E-state index is -0.838. The van der Waals surface area contributed by atoms with E-state index in [0.29, 0.717) is 24.1 Å². The van der Waals surface area contributed by atoms with E-state index in [-0.39, 0.29) is 12.1 Å². The van der Waals surface area contributed by atoms with Crippen LogP contribution in [-0.2, 0) is 7.05 Å². The fraction of sp³-hybridized carbons (Fsp3) is 0.667. The first-order chi connectivity index (χ1) is 9.84. The zero-order chi connectivity index (χ0) is 15.6. The largest absolute Gasteiger partial charge is 0.388 e. The lowest BCUT2D eigenvalue weighted by Crippen LogP contribution is -2.45. The van der Waals surface area contributed by atoms with Gasteiger partial charge in [0.2, 0.25) is 0 Å². The third kappa shape index (κ3) is 3.32. The lowest BCUT2D eigenvalue weighted by Gasteiger charge is -2.32. The molecule has 6 nitrogen and oxygen atoms in total. The number of aryl methyl sites for hydroxylation is 2. The van der Waals surface area contributed by atoms with Gasteiger partial charge in [0.15, 0.2) is 0 Å². The van der Waals surface area contributed by atoms with Gasteiger partial charge >= 0.3 is 0 Å². The maximum atomic E-state index is 12.3. The van der Waals surface area contributed by atoms with E-state index in [2.05, 4.69) is 10.4 Å². The summed E-state index contributed by atoms with van der Waals surface area (Å²) < 4.78 is 1.17. The molecule has 1 aliphatic carbocycles. The molecule has 1 aliphatic rings. The number of carbonyl (C=O) groups excluding carboxylic acids is 1. The predicted molar refractivity (Wildman–Crippen MR) is 79.3 cm³/mol. The number of rotatable bonds is 3. The van der Waals surface area contributed by atoms with Crippen molar-refractivity contribution in [3.63, 3.8) is 0 Å². The van der Waals surface area contributed by atoms with Crippen molar-refractivity contribution in [1.82, 2.24) is 15.1 Å². The summed E-state index contributed by atoms with van der Waals surface area (Å²) in [6.45, 7) is 3.67.